The lowest BCUT2D eigenvalue weighted by molar-refractivity contribution is -0.592. The summed E-state index contributed by atoms with van der Waals surface area (Å²) in [5.74, 6) is -1.86. The number of hydrogen-bond acceptors (Lipinski definition) is 8. The Morgan fingerprint density at radius 3 is 2.67 bits per heavy atom. The number of aliphatic carboxylic acids is 1. The number of carbonyl (C=O) groups excluding carboxylic acids is 1. The summed E-state index contributed by atoms with van der Waals surface area (Å²) >= 11 is 0. The van der Waals surface area contributed by atoms with Gasteiger partial charge in [0.15, 0.2) is 0 Å². The van der Waals surface area contributed by atoms with Gasteiger partial charge < -0.3 is 25.4 Å². The molecule has 12 heteroatoms. The first-order chi connectivity index (χ1) is 15.9. The third-order valence-electron chi connectivity index (χ3n) is 5.20. The van der Waals surface area contributed by atoms with Crippen LogP contribution in [0.1, 0.15) is 29.1 Å². The van der Waals surface area contributed by atoms with Crippen LogP contribution in [0.2, 0.25) is 0 Å². The third-order valence-corrected chi connectivity index (χ3v) is 5.20. The first-order valence-electron chi connectivity index (χ1n) is 10.2. The maximum atomic E-state index is 13.7. The zero-order valence-electron chi connectivity index (χ0n) is 17.4. The zero-order valence-corrected chi connectivity index (χ0v) is 17.4. The van der Waals surface area contributed by atoms with Crippen molar-refractivity contribution in [3.05, 3.63) is 65.1 Å². The maximum Gasteiger partial charge on any atom is 0.320 e. The average Bonchev–Trinajstić information content (AvgIpc) is 3.25. The van der Waals surface area contributed by atoms with Gasteiger partial charge in [-0.05, 0) is 18.2 Å². The summed E-state index contributed by atoms with van der Waals surface area (Å²) in [7, 11) is 0. The van der Waals surface area contributed by atoms with Crippen LogP contribution in [-0.4, -0.2) is 46.3 Å². The number of aromatic nitrogens is 3. The average molecular weight is 456 g/mol. The van der Waals surface area contributed by atoms with Crippen LogP contribution in [0, 0.1) is 11.0 Å². The Morgan fingerprint density at radius 2 is 1.97 bits per heavy atom. The summed E-state index contributed by atoms with van der Waals surface area (Å²) in [5.41, 5.74) is 0.568. The lowest BCUT2D eigenvalue weighted by atomic mass is 10.0. The number of amides is 1. The number of nitrogens with one attached hydrogen (secondary N) is 2. The van der Waals surface area contributed by atoms with E-state index in [1.165, 1.54) is 18.3 Å². The fourth-order valence-corrected chi connectivity index (χ4v) is 3.58. The number of hydrogen-bond donors (Lipinski definition) is 3. The molecule has 0 atom stereocenters. The highest BCUT2D eigenvalue weighted by Gasteiger charge is 2.28. The van der Waals surface area contributed by atoms with E-state index >= 15 is 0 Å². The summed E-state index contributed by atoms with van der Waals surface area (Å²) in [4.78, 5) is 25.1. The SMILES string of the molecule is O=C(O)Cc1ccc(N2CCC(NC(=O)c3nnc(Nc4ccccc4F)o3)CC2)[n+]([O-])c1. The number of carbonyl (C=O) groups is 2. The maximum absolute atomic E-state index is 13.7. The second kappa shape index (κ2) is 9.51. The van der Waals surface area contributed by atoms with Crippen molar-refractivity contribution in [3.63, 3.8) is 0 Å². The number of nitrogens with zero attached hydrogens (tertiary/aromatic N) is 4. The molecule has 0 aliphatic carbocycles. The molecule has 0 bridgehead atoms. The minimum absolute atomic E-state index is 0.105. The Hall–Kier alpha value is -4.22. The molecule has 1 aliphatic rings. The van der Waals surface area contributed by atoms with Crippen molar-refractivity contribution < 1.29 is 28.2 Å². The Balaban J connectivity index is 1.30. The molecule has 2 aromatic heterocycles. The van der Waals surface area contributed by atoms with Gasteiger partial charge in [-0.2, -0.15) is 0 Å². The van der Waals surface area contributed by atoms with Gasteiger partial charge in [0.1, 0.15) is 5.82 Å². The molecule has 0 radical (unpaired) electrons. The summed E-state index contributed by atoms with van der Waals surface area (Å²) < 4.78 is 19.7. The van der Waals surface area contributed by atoms with E-state index < -0.39 is 17.7 Å². The van der Waals surface area contributed by atoms with Crippen molar-refractivity contribution in [3.8, 4) is 0 Å². The predicted molar refractivity (Wildman–Crippen MR) is 113 cm³/mol. The number of benzene rings is 1. The largest absolute Gasteiger partial charge is 0.711 e. The van der Waals surface area contributed by atoms with Crippen molar-refractivity contribution in [1.29, 1.82) is 0 Å². The van der Waals surface area contributed by atoms with Crippen LogP contribution in [0.3, 0.4) is 0 Å². The molecule has 33 heavy (non-hydrogen) atoms. The number of para-hydroxylation sites is 1. The van der Waals surface area contributed by atoms with E-state index in [1.54, 1.807) is 24.3 Å². The van der Waals surface area contributed by atoms with Crippen LogP contribution in [-0.2, 0) is 11.2 Å². The Morgan fingerprint density at radius 1 is 1.21 bits per heavy atom. The molecule has 172 valence electrons. The summed E-state index contributed by atoms with van der Waals surface area (Å²) in [6.45, 7) is 1.05. The number of halogens is 1. The normalized spacial score (nSPS) is 14.2. The van der Waals surface area contributed by atoms with Gasteiger partial charge in [-0.15, -0.1) is 5.10 Å². The Kier molecular flexibility index (Phi) is 6.33. The minimum atomic E-state index is -1.00. The molecular formula is C21H21FN6O5. The molecule has 0 spiro atoms. The van der Waals surface area contributed by atoms with Crippen molar-refractivity contribution >= 4 is 29.4 Å². The van der Waals surface area contributed by atoms with Gasteiger partial charge in [0.2, 0.25) is 0 Å². The first-order valence-corrected chi connectivity index (χ1v) is 10.2. The highest BCUT2D eigenvalue weighted by atomic mass is 19.1. The monoisotopic (exact) mass is 456 g/mol. The lowest BCUT2D eigenvalue weighted by Gasteiger charge is -2.29. The van der Waals surface area contributed by atoms with Gasteiger partial charge in [0.25, 0.3) is 5.82 Å². The van der Waals surface area contributed by atoms with Crippen LogP contribution in [0.15, 0.2) is 47.0 Å². The molecule has 0 unspecified atom stereocenters. The van der Waals surface area contributed by atoms with Crippen molar-refractivity contribution in [2.75, 3.05) is 23.3 Å². The molecule has 1 aliphatic heterocycles. The molecule has 3 heterocycles. The molecule has 1 aromatic carbocycles. The van der Waals surface area contributed by atoms with Gasteiger partial charge in [-0.1, -0.05) is 17.2 Å². The summed E-state index contributed by atoms with van der Waals surface area (Å²) in [6.07, 6.45) is 2.21. The Bertz CT molecular complexity index is 1160. The number of carboxylic acids is 1. The van der Waals surface area contributed by atoms with Gasteiger partial charge in [0, 0.05) is 30.5 Å². The van der Waals surface area contributed by atoms with Crippen molar-refractivity contribution in [1.82, 2.24) is 15.5 Å². The molecule has 1 saturated heterocycles. The van der Waals surface area contributed by atoms with Crippen LogP contribution in [0.4, 0.5) is 21.9 Å². The second-order valence-electron chi connectivity index (χ2n) is 7.54. The third kappa shape index (κ3) is 5.34. The second-order valence-corrected chi connectivity index (χ2v) is 7.54. The van der Waals surface area contributed by atoms with Gasteiger partial charge >= 0.3 is 23.8 Å². The predicted octanol–water partition coefficient (Wildman–Crippen LogP) is 1.61. The molecule has 3 N–H and O–H groups in total. The molecule has 4 rings (SSSR count). The van der Waals surface area contributed by atoms with E-state index in [-0.39, 0.29) is 30.1 Å². The first kappa shape index (κ1) is 22.0. The summed E-state index contributed by atoms with van der Waals surface area (Å²) in [5, 5.41) is 34.0. The summed E-state index contributed by atoms with van der Waals surface area (Å²) in [6, 6.07) is 8.92. The number of pyridine rings is 1. The highest BCUT2D eigenvalue weighted by Crippen LogP contribution is 2.20. The Labute approximate surface area is 187 Å². The highest BCUT2D eigenvalue weighted by molar-refractivity contribution is 5.89. The van der Waals surface area contributed by atoms with E-state index in [4.69, 9.17) is 9.52 Å². The van der Waals surface area contributed by atoms with Crippen molar-refractivity contribution in [2.45, 2.75) is 25.3 Å². The number of carboxylic acid groups (broad SMARTS) is 1. The van der Waals surface area contributed by atoms with Gasteiger partial charge in [-0.25, -0.2) is 9.12 Å². The van der Waals surface area contributed by atoms with E-state index in [2.05, 4.69) is 20.8 Å². The quantitative estimate of drug-likeness (QED) is 0.356. The standard InChI is InChI=1S/C21H21FN6O5/c22-15-3-1-2-4-16(15)24-21-26-25-20(33-21)19(31)23-14-7-9-27(10-8-14)17-6-5-13(11-18(29)30)12-28(17)32/h1-6,12,14H,7-11H2,(H,23,31)(H,24,26)(H,29,30). The molecule has 1 fully saturated rings. The van der Waals surface area contributed by atoms with Gasteiger partial charge in [-0.3, -0.25) is 14.5 Å². The van der Waals surface area contributed by atoms with Gasteiger partial charge in [0.05, 0.1) is 31.4 Å². The topological polar surface area (TPSA) is 148 Å². The zero-order chi connectivity index (χ0) is 23.4. The smallest absolute Gasteiger partial charge is 0.320 e. The van der Waals surface area contributed by atoms with E-state index in [0.717, 1.165) is 0 Å². The van der Waals surface area contributed by atoms with Crippen LogP contribution in [0.25, 0.3) is 0 Å². The number of rotatable bonds is 7. The fraction of sp³-hybridized carbons (Fsp3) is 0.286. The number of piperidine rings is 1. The van der Waals surface area contributed by atoms with Crippen LogP contribution < -0.4 is 20.3 Å². The molecule has 11 nitrogen and oxygen atoms in total. The molecule has 1 amide bonds. The lowest BCUT2D eigenvalue weighted by Crippen LogP contribution is -2.48. The molecule has 0 saturated carbocycles. The fourth-order valence-electron chi connectivity index (χ4n) is 3.58. The van der Waals surface area contributed by atoms with E-state index in [9.17, 15) is 19.2 Å². The van der Waals surface area contributed by atoms with Crippen LogP contribution in [0.5, 0.6) is 0 Å². The molecule has 3 aromatic rings. The van der Waals surface area contributed by atoms with E-state index in [1.807, 2.05) is 4.90 Å². The van der Waals surface area contributed by atoms with Crippen molar-refractivity contribution in [2.24, 2.45) is 0 Å². The van der Waals surface area contributed by atoms with Crippen LogP contribution >= 0.6 is 0 Å². The minimum Gasteiger partial charge on any atom is -0.711 e. The van der Waals surface area contributed by atoms with E-state index in [0.29, 0.717) is 42.0 Å². The number of anilines is 3. The molecular weight excluding hydrogens is 435 g/mol.